The third-order valence-electron chi connectivity index (χ3n) is 4.06. The van der Waals surface area contributed by atoms with Gasteiger partial charge in [0.25, 0.3) is 5.91 Å². The summed E-state index contributed by atoms with van der Waals surface area (Å²) in [6.45, 7) is 1.32. The number of carbonyl (C=O) groups excluding carboxylic acids is 2. The lowest BCUT2D eigenvalue weighted by Gasteiger charge is -2.15. The number of ether oxygens (including phenoxy) is 1. The molecule has 144 valence electrons. The van der Waals surface area contributed by atoms with E-state index in [-0.39, 0.29) is 33.2 Å². The fraction of sp³-hybridized carbons (Fsp3) is 0.100. The van der Waals surface area contributed by atoms with Crippen molar-refractivity contribution in [3.63, 3.8) is 0 Å². The topological polar surface area (TPSA) is 95.9 Å². The number of nitrogens with one attached hydrogen (secondary N) is 1. The molecule has 8 heteroatoms. The highest BCUT2D eigenvalue weighted by molar-refractivity contribution is 6.33. The van der Waals surface area contributed by atoms with Crippen molar-refractivity contribution in [2.75, 3.05) is 5.32 Å². The van der Waals surface area contributed by atoms with Crippen molar-refractivity contribution in [1.29, 1.82) is 0 Å². The molecule has 0 heterocycles. The number of amides is 1. The van der Waals surface area contributed by atoms with Crippen LogP contribution in [0.5, 0.6) is 11.5 Å². The Bertz CT molecular complexity index is 1090. The number of phenols is 2. The molecular weight excluding hydrogens is 389 g/mol. The molecule has 0 aliphatic rings. The Morgan fingerprint density at radius 2 is 1.79 bits per heavy atom. The molecule has 3 aromatic carbocycles. The van der Waals surface area contributed by atoms with Crippen LogP contribution in [0.4, 0.5) is 10.1 Å². The number of carbonyl (C=O) groups is 2. The van der Waals surface area contributed by atoms with Gasteiger partial charge in [0, 0.05) is 10.8 Å². The summed E-state index contributed by atoms with van der Waals surface area (Å²) in [5, 5.41) is 23.5. The number of aromatic hydroxyl groups is 2. The smallest absolute Gasteiger partial charge is 0.342 e. The molecule has 28 heavy (non-hydrogen) atoms. The highest BCUT2D eigenvalue weighted by Crippen LogP contribution is 2.35. The molecule has 1 unspecified atom stereocenters. The van der Waals surface area contributed by atoms with Crippen molar-refractivity contribution in [1.82, 2.24) is 0 Å². The largest absolute Gasteiger partial charge is 0.507 e. The van der Waals surface area contributed by atoms with Crippen LogP contribution in [-0.2, 0) is 9.53 Å². The van der Waals surface area contributed by atoms with E-state index >= 15 is 0 Å². The third-order valence-corrected chi connectivity index (χ3v) is 4.37. The molecule has 0 saturated heterocycles. The first-order chi connectivity index (χ1) is 13.3. The Morgan fingerprint density at radius 3 is 2.46 bits per heavy atom. The standard InChI is InChI=1S/C20H15ClFNO5/c1-10(19(26)23-16-7-6-11(22)8-15(16)21)28-20(27)14-9-17(24)12-4-2-3-5-13(12)18(14)25/h2-10,24-25H,1H3,(H,23,26). The molecule has 3 aromatic rings. The van der Waals surface area contributed by atoms with Crippen molar-refractivity contribution < 1.29 is 28.9 Å². The summed E-state index contributed by atoms with van der Waals surface area (Å²) in [7, 11) is 0. The molecule has 0 aliphatic carbocycles. The molecule has 0 saturated carbocycles. The number of phenolic OH excluding ortho intramolecular Hbond substituents is 2. The van der Waals surface area contributed by atoms with Crippen molar-refractivity contribution >= 4 is 39.9 Å². The van der Waals surface area contributed by atoms with Gasteiger partial charge in [0.15, 0.2) is 6.10 Å². The van der Waals surface area contributed by atoms with Gasteiger partial charge in [-0.3, -0.25) is 4.79 Å². The fourth-order valence-corrected chi connectivity index (χ4v) is 2.81. The first-order valence-electron chi connectivity index (χ1n) is 8.18. The van der Waals surface area contributed by atoms with E-state index in [0.29, 0.717) is 5.39 Å². The average Bonchev–Trinajstić information content (AvgIpc) is 2.66. The SMILES string of the molecule is CC(OC(=O)c1cc(O)c2ccccc2c1O)C(=O)Nc1ccc(F)cc1Cl. The van der Waals surface area contributed by atoms with E-state index in [1.807, 2.05) is 0 Å². The highest BCUT2D eigenvalue weighted by Gasteiger charge is 2.23. The van der Waals surface area contributed by atoms with Gasteiger partial charge in [0.2, 0.25) is 0 Å². The molecule has 0 spiro atoms. The van der Waals surface area contributed by atoms with E-state index in [9.17, 15) is 24.2 Å². The Kier molecular flexibility index (Phi) is 5.37. The van der Waals surface area contributed by atoms with Crippen molar-refractivity contribution in [2.45, 2.75) is 13.0 Å². The zero-order chi connectivity index (χ0) is 20.4. The fourth-order valence-electron chi connectivity index (χ4n) is 2.60. The number of hydrogen-bond donors (Lipinski definition) is 3. The molecule has 6 nitrogen and oxygen atoms in total. The van der Waals surface area contributed by atoms with Crippen LogP contribution in [0.25, 0.3) is 10.8 Å². The third kappa shape index (κ3) is 3.84. The van der Waals surface area contributed by atoms with Gasteiger partial charge in [-0.1, -0.05) is 35.9 Å². The molecule has 3 rings (SSSR count). The average molecular weight is 404 g/mol. The number of anilines is 1. The predicted molar refractivity (Wildman–Crippen MR) is 102 cm³/mol. The van der Waals surface area contributed by atoms with E-state index in [1.165, 1.54) is 19.1 Å². The quantitative estimate of drug-likeness (QED) is 0.447. The first-order valence-corrected chi connectivity index (χ1v) is 8.56. The molecule has 1 amide bonds. The molecule has 0 radical (unpaired) electrons. The lowest BCUT2D eigenvalue weighted by atomic mass is 10.0. The van der Waals surface area contributed by atoms with Gasteiger partial charge in [-0.05, 0) is 31.2 Å². The van der Waals surface area contributed by atoms with Gasteiger partial charge < -0.3 is 20.3 Å². The summed E-state index contributed by atoms with van der Waals surface area (Å²) in [6, 6.07) is 10.9. The summed E-state index contributed by atoms with van der Waals surface area (Å²) in [4.78, 5) is 24.6. The zero-order valence-electron chi connectivity index (χ0n) is 14.6. The number of esters is 1. The van der Waals surface area contributed by atoms with Crippen LogP contribution in [0.1, 0.15) is 17.3 Å². The number of hydrogen-bond acceptors (Lipinski definition) is 5. The minimum absolute atomic E-state index is 0.0102. The molecule has 3 N–H and O–H groups in total. The summed E-state index contributed by atoms with van der Waals surface area (Å²) in [6.07, 6.45) is -1.25. The van der Waals surface area contributed by atoms with Crippen molar-refractivity contribution in [3.05, 3.63) is 64.9 Å². The highest BCUT2D eigenvalue weighted by atomic mass is 35.5. The molecule has 0 fully saturated rings. The van der Waals surface area contributed by atoms with Crippen molar-refractivity contribution in [2.24, 2.45) is 0 Å². The van der Waals surface area contributed by atoms with E-state index < -0.39 is 23.8 Å². The number of fused-ring (bicyclic) bond motifs is 1. The molecule has 0 aromatic heterocycles. The maximum atomic E-state index is 13.1. The van der Waals surface area contributed by atoms with Gasteiger partial charge in [-0.2, -0.15) is 0 Å². The van der Waals surface area contributed by atoms with Gasteiger partial charge in [-0.15, -0.1) is 0 Å². The van der Waals surface area contributed by atoms with Crippen LogP contribution in [0, 0.1) is 5.82 Å². The molecule has 0 bridgehead atoms. The van der Waals surface area contributed by atoms with Crippen molar-refractivity contribution in [3.8, 4) is 11.5 Å². The normalized spacial score (nSPS) is 11.8. The van der Waals surface area contributed by atoms with E-state index in [4.69, 9.17) is 16.3 Å². The Balaban J connectivity index is 1.78. The molecular formula is C20H15ClFNO5. The maximum Gasteiger partial charge on any atom is 0.342 e. The lowest BCUT2D eigenvalue weighted by Crippen LogP contribution is -2.30. The number of rotatable bonds is 4. The van der Waals surface area contributed by atoms with Crippen LogP contribution in [0.2, 0.25) is 5.02 Å². The van der Waals surface area contributed by atoms with E-state index in [0.717, 1.165) is 18.2 Å². The van der Waals surface area contributed by atoms with Gasteiger partial charge in [0.05, 0.1) is 10.7 Å². The number of benzene rings is 3. The molecule has 0 aliphatic heterocycles. The van der Waals surface area contributed by atoms with E-state index in [1.54, 1.807) is 18.2 Å². The minimum atomic E-state index is -1.25. The summed E-state index contributed by atoms with van der Waals surface area (Å²) in [5.41, 5.74) is -0.127. The monoisotopic (exact) mass is 403 g/mol. The van der Waals surface area contributed by atoms with Crippen LogP contribution < -0.4 is 5.32 Å². The second kappa shape index (κ2) is 7.74. The second-order valence-electron chi connectivity index (χ2n) is 6.00. The Hall–Kier alpha value is -3.32. The number of halogens is 2. The van der Waals surface area contributed by atoms with Gasteiger partial charge in [0.1, 0.15) is 22.9 Å². The summed E-state index contributed by atoms with van der Waals surface area (Å²) < 4.78 is 18.2. The molecule has 1 atom stereocenters. The summed E-state index contributed by atoms with van der Waals surface area (Å²) >= 11 is 5.85. The zero-order valence-corrected chi connectivity index (χ0v) is 15.3. The lowest BCUT2D eigenvalue weighted by molar-refractivity contribution is -0.123. The predicted octanol–water partition coefficient (Wildman–Crippen LogP) is 4.23. The van der Waals surface area contributed by atoms with Crippen LogP contribution in [-0.4, -0.2) is 28.2 Å². The minimum Gasteiger partial charge on any atom is -0.507 e. The van der Waals surface area contributed by atoms with Crippen LogP contribution in [0.15, 0.2) is 48.5 Å². The Morgan fingerprint density at radius 1 is 1.11 bits per heavy atom. The maximum absolute atomic E-state index is 13.1. The second-order valence-corrected chi connectivity index (χ2v) is 6.41. The first kappa shape index (κ1) is 19.4. The van der Waals surface area contributed by atoms with Gasteiger partial charge >= 0.3 is 5.97 Å². The van der Waals surface area contributed by atoms with Gasteiger partial charge in [-0.25, -0.2) is 9.18 Å². The van der Waals surface area contributed by atoms with Crippen LogP contribution >= 0.6 is 11.6 Å². The Labute approximate surface area is 164 Å². The van der Waals surface area contributed by atoms with E-state index in [2.05, 4.69) is 5.32 Å². The van der Waals surface area contributed by atoms with Crippen LogP contribution in [0.3, 0.4) is 0 Å². The summed E-state index contributed by atoms with van der Waals surface area (Å²) in [5.74, 6) is -2.84.